The molecule has 12 atom stereocenters. The number of methoxy groups -OCH3 is 1. The lowest BCUT2D eigenvalue weighted by Crippen LogP contribution is -2.57. The van der Waals surface area contributed by atoms with Gasteiger partial charge in [-0.05, 0) is 38.0 Å². The first-order valence-corrected chi connectivity index (χ1v) is 14.0. The zero-order valence-corrected chi connectivity index (χ0v) is 23.7. The summed E-state index contributed by atoms with van der Waals surface area (Å²) in [6.45, 7) is 8.75. The molecule has 5 rings (SSSR count). The Kier molecular flexibility index (Phi) is 7.71. The van der Waals surface area contributed by atoms with E-state index in [4.69, 9.17) is 23.7 Å². The van der Waals surface area contributed by atoms with Gasteiger partial charge in [0, 0.05) is 49.8 Å². The maximum atomic E-state index is 13.3. The van der Waals surface area contributed by atoms with Gasteiger partial charge in [-0.3, -0.25) is 4.79 Å². The van der Waals surface area contributed by atoms with Crippen LogP contribution in [0, 0.1) is 29.6 Å². The molecule has 218 valence electrons. The van der Waals surface area contributed by atoms with Crippen LogP contribution in [0.25, 0.3) is 0 Å². The zero-order valence-electron chi connectivity index (χ0n) is 23.7. The van der Waals surface area contributed by atoms with Crippen LogP contribution in [0.4, 0.5) is 0 Å². The van der Waals surface area contributed by atoms with E-state index in [0.29, 0.717) is 5.69 Å². The van der Waals surface area contributed by atoms with Crippen molar-refractivity contribution in [1.29, 1.82) is 0 Å². The first-order valence-electron chi connectivity index (χ1n) is 14.0. The van der Waals surface area contributed by atoms with Crippen molar-refractivity contribution in [3.8, 4) is 0 Å². The van der Waals surface area contributed by atoms with Gasteiger partial charge in [0.2, 0.25) is 0 Å². The van der Waals surface area contributed by atoms with E-state index in [1.165, 1.54) is 14.0 Å². The molecule has 0 radical (unpaired) electrons. The summed E-state index contributed by atoms with van der Waals surface area (Å²) in [4.78, 5) is 40.8. The number of esters is 3. The molecule has 2 aliphatic carbocycles. The van der Waals surface area contributed by atoms with Crippen LogP contribution in [-0.4, -0.2) is 77.3 Å². The maximum absolute atomic E-state index is 13.3. The lowest BCUT2D eigenvalue weighted by molar-refractivity contribution is -0.178. The van der Waals surface area contributed by atoms with Crippen LogP contribution in [0.15, 0.2) is 42.1 Å². The monoisotopic (exact) mass is 557 g/mol. The largest absolute Gasteiger partial charge is 0.459 e. The van der Waals surface area contributed by atoms with Gasteiger partial charge in [-0.15, -0.1) is 0 Å². The number of aliphatic hydroxyl groups excluding tert-OH is 1. The topological polar surface area (TPSA) is 133 Å². The molecule has 2 aliphatic heterocycles. The molecular weight excluding hydrogens is 518 g/mol. The van der Waals surface area contributed by atoms with Crippen LogP contribution >= 0.6 is 0 Å². The normalized spacial score (nSPS) is 41.3. The number of hydrogen-bond donors (Lipinski definition) is 2. The Morgan fingerprint density at radius 2 is 2.00 bits per heavy atom. The molecule has 0 unspecified atom stereocenters. The van der Waals surface area contributed by atoms with Gasteiger partial charge in [-0.1, -0.05) is 32.1 Å². The van der Waals surface area contributed by atoms with Crippen LogP contribution in [0.3, 0.4) is 0 Å². The average Bonchev–Trinajstić information content (AvgIpc) is 3.50. The van der Waals surface area contributed by atoms with Gasteiger partial charge in [0.25, 0.3) is 0 Å². The van der Waals surface area contributed by atoms with E-state index >= 15 is 0 Å². The summed E-state index contributed by atoms with van der Waals surface area (Å²) in [5, 5.41) is 11.8. The standard InChI is InChI=1S/C30H39NO9/c1-14-12-15(2)30-19(13-22(36-6)29(35)38-25(14)17(4)37-18(5)32)9-10-20-23(30)24(33)16(3)26(27(20)40-30)39-28(34)21-8-7-11-31-21/h7-12,14,16-17,19-20,22-27,31,33H,13H2,1-6H3/t14-,16-,17-,19-,20-,22+,23+,24-,25+,26-,27-,30+/m1/s1. The van der Waals surface area contributed by atoms with Crippen molar-refractivity contribution in [2.45, 2.75) is 83.3 Å². The van der Waals surface area contributed by atoms with E-state index in [-0.39, 0.29) is 30.1 Å². The number of aromatic nitrogens is 1. The highest BCUT2D eigenvalue weighted by molar-refractivity contribution is 5.87. The Balaban J connectivity index is 1.56. The van der Waals surface area contributed by atoms with Crippen LogP contribution in [-0.2, 0) is 33.3 Å². The second kappa shape index (κ2) is 10.8. The van der Waals surface area contributed by atoms with Crippen molar-refractivity contribution in [2.24, 2.45) is 29.6 Å². The number of carbonyl (C=O) groups is 3. The number of H-pyrrole nitrogens is 1. The highest BCUT2D eigenvalue weighted by atomic mass is 16.6. The number of nitrogens with one attached hydrogen (secondary N) is 1. The summed E-state index contributed by atoms with van der Waals surface area (Å²) < 4.78 is 29.9. The van der Waals surface area contributed by atoms with E-state index in [0.717, 1.165) is 5.57 Å². The van der Waals surface area contributed by atoms with Gasteiger partial charge in [0.1, 0.15) is 35.7 Å². The summed E-state index contributed by atoms with van der Waals surface area (Å²) in [5.74, 6) is -3.12. The molecule has 1 spiro atoms. The van der Waals surface area contributed by atoms with Crippen molar-refractivity contribution < 1.29 is 43.2 Å². The van der Waals surface area contributed by atoms with Crippen molar-refractivity contribution >= 4 is 17.9 Å². The quantitative estimate of drug-likeness (QED) is 0.318. The number of aromatic amines is 1. The molecule has 0 aromatic carbocycles. The number of aliphatic hydroxyl groups is 1. The first kappa shape index (κ1) is 28.6. The Hall–Kier alpha value is -2.95. The maximum Gasteiger partial charge on any atom is 0.355 e. The Bertz CT molecular complexity index is 1190. The Morgan fingerprint density at radius 1 is 1.25 bits per heavy atom. The number of cyclic esters (lactones) is 1. The van der Waals surface area contributed by atoms with Gasteiger partial charge in [-0.25, -0.2) is 9.59 Å². The van der Waals surface area contributed by atoms with Crippen LogP contribution in [0.5, 0.6) is 0 Å². The molecule has 4 bridgehead atoms. The van der Waals surface area contributed by atoms with E-state index in [2.05, 4.69) is 4.98 Å². The number of carbonyl (C=O) groups excluding carboxylic acids is 3. The highest BCUT2D eigenvalue weighted by Crippen LogP contribution is 2.61. The molecule has 3 heterocycles. The van der Waals surface area contributed by atoms with Gasteiger partial charge in [0.05, 0.1) is 6.10 Å². The van der Waals surface area contributed by atoms with E-state index in [1.54, 1.807) is 25.3 Å². The number of hydrogen-bond acceptors (Lipinski definition) is 9. The fraction of sp³-hybridized carbons (Fsp3) is 0.633. The van der Waals surface area contributed by atoms with Crippen LogP contribution in [0.2, 0.25) is 0 Å². The fourth-order valence-electron chi connectivity index (χ4n) is 7.46. The van der Waals surface area contributed by atoms with Crippen LogP contribution in [0.1, 0.15) is 51.5 Å². The van der Waals surface area contributed by atoms with E-state index in [1.807, 2.05) is 39.0 Å². The van der Waals surface area contributed by atoms with E-state index in [9.17, 15) is 19.5 Å². The minimum Gasteiger partial charge on any atom is -0.459 e. The molecule has 40 heavy (non-hydrogen) atoms. The third-order valence-electron chi connectivity index (χ3n) is 9.28. The number of ether oxygens (including phenoxy) is 5. The molecular formula is C30H39NO9. The van der Waals surface area contributed by atoms with Crippen molar-refractivity contribution in [3.63, 3.8) is 0 Å². The average molecular weight is 558 g/mol. The van der Waals surface area contributed by atoms with Gasteiger partial charge in [0.15, 0.2) is 6.10 Å². The molecule has 1 saturated heterocycles. The molecule has 2 fully saturated rings. The summed E-state index contributed by atoms with van der Waals surface area (Å²) >= 11 is 0. The Morgan fingerprint density at radius 3 is 2.65 bits per heavy atom. The SMILES string of the molecule is CO[C@H]1C[C@H]2C=C[C@H]3[C@H]4O[C@]2(C(C)=C[C@@H](C)[C@@H]([C@@H](C)OC(C)=O)OC1=O)[C@@H]3[C@H](O)[C@@H](C)[C@H]4OC(=O)c1ccc[nH]1. The summed E-state index contributed by atoms with van der Waals surface area (Å²) in [5.41, 5.74) is 0.236. The lowest BCUT2D eigenvalue weighted by Gasteiger charge is -2.48. The van der Waals surface area contributed by atoms with Gasteiger partial charge < -0.3 is 33.8 Å². The van der Waals surface area contributed by atoms with Gasteiger partial charge >= 0.3 is 17.9 Å². The zero-order chi connectivity index (χ0) is 28.9. The molecule has 4 aliphatic rings. The predicted octanol–water partition coefficient (Wildman–Crippen LogP) is 2.97. The fourth-order valence-corrected chi connectivity index (χ4v) is 7.46. The molecule has 2 N–H and O–H groups in total. The summed E-state index contributed by atoms with van der Waals surface area (Å²) in [6, 6.07) is 3.36. The number of rotatable bonds is 5. The summed E-state index contributed by atoms with van der Waals surface area (Å²) in [7, 11) is 1.46. The summed E-state index contributed by atoms with van der Waals surface area (Å²) in [6.07, 6.45) is 3.58. The predicted molar refractivity (Wildman–Crippen MR) is 142 cm³/mol. The third kappa shape index (κ3) is 4.59. The van der Waals surface area contributed by atoms with Crippen molar-refractivity contribution in [2.75, 3.05) is 7.11 Å². The molecule has 1 aromatic rings. The molecule has 10 heteroatoms. The lowest BCUT2D eigenvalue weighted by atomic mass is 9.57. The third-order valence-corrected chi connectivity index (χ3v) is 9.28. The minimum atomic E-state index is -0.969. The second-order valence-electron chi connectivity index (χ2n) is 11.7. The molecule has 10 nitrogen and oxygen atoms in total. The molecule has 1 saturated carbocycles. The minimum absolute atomic E-state index is 0.200. The van der Waals surface area contributed by atoms with E-state index < -0.39 is 66.1 Å². The van der Waals surface area contributed by atoms with Crippen LogP contribution < -0.4 is 0 Å². The molecule has 1 aromatic heterocycles. The smallest absolute Gasteiger partial charge is 0.355 e. The first-order chi connectivity index (χ1) is 19.0. The second-order valence-corrected chi connectivity index (χ2v) is 11.7. The van der Waals surface area contributed by atoms with Gasteiger partial charge in [-0.2, -0.15) is 0 Å². The van der Waals surface area contributed by atoms with Crippen molar-refractivity contribution in [3.05, 3.63) is 47.8 Å². The Labute approximate surface area is 234 Å². The molecule has 0 amide bonds. The van der Waals surface area contributed by atoms with Crippen molar-refractivity contribution in [1.82, 2.24) is 4.98 Å². The highest BCUT2D eigenvalue weighted by Gasteiger charge is 2.69.